The molecule has 1 fully saturated rings. The molecule has 2 aromatic carbocycles. The van der Waals surface area contributed by atoms with Gasteiger partial charge in [-0.05, 0) is 47.4 Å². The monoisotopic (exact) mass is 1060 g/mol. The highest BCUT2D eigenvalue weighted by atomic mass is 16.6. The lowest BCUT2D eigenvalue weighted by atomic mass is 9.97. The number of ether oxygens (including phenoxy) is 11. The standard InChI is InChI=1S/C56H83N7O13/c1-47-4-5-49(41-52(47)43-55-59-13-10-53(61-55)51-3-2-12-58-44-51)42-54(64)50-8-6-48(7-9-50)45-62-15-17-63(18-16-62)46-56(65)60-14-20-67-22-24-69-26-28-71-30-32-73-34-36-75-38-40-76-39-37-74-35-33-72-31-29-70-27-25-68-23-21-66-19-11-57/h2-10,12-13,41,44H,11,14-40,42-43,45-46,57H2,1H3,(H,60,65). The summed E-state index contributed by atoms with van der Waals surface area (Å²) >= 11 is 0. The number of benzene rings is 2. The Labute approximate surface area is 449 Å². The Kier molecular flexibility index (Phi) is 33.1. The van der Waals surface area contributed by atoms with Crippen molar-refractivity contribution >= 4 is 11.7 Å². The van der Waals surface area contributed by atoms with Gasteiger partial charge in [-0.2, -0.15) is 0 Å². The number of amides is 1. The lowest BCUT2D eigenvalue weighted by molar-refractivity contribution is -0.123. The Hall–Kier alpha value is -4.75. The quantitative estimate of drug-likeness (QED) is 0.0480. The van der Waals surface area contributed by atoms with Crippen molar-refractivity contribution in [1.29, 1.82) is 0 Å². The summed E-state index contributed by atoms with van der Waals surface area (Å²) in [6.45, 7) is 18.3. The first-order chi connectivity index (χ1) is 37.5. The van der Waals surface area contributed by atoms with E-state index in [1.807, 2.05) is 48.5 Å². The predicted molar refractivity (Wildman–Crippen MR) is 287 cm³/mol. The number of nitrogens with zero attached hydrogens (tertiary/aromatic N) is 5. The minimum atomic E-state index is -0.00917. The molecule has 0 unspecified atom stereocenters. The van der Waals surface area contributed by atoms with Gasteiger partial charge in [-0.25, -0.2) is 9.97 Å². The summed E-state index contributed by atoms with van der Waals surface area (Å²) in [4.78, 5) is 44.0. The first-order valence-corrected chi connectivity index (χ1v) is 26.7. The highest BCUT2D eigenvalue weighted by molar-refractivity contribution is 5.97. The number of pyridine rings is 1. The van der Waals surface area contributed by atoms with Crippen molar-refractivity contribution in [3.8, 4) is 11.3 Å². The van der Waals surface area contributed by atoms with Crippen molar-refractivity contribution in [3.05, 3.63) is 113 Å². The number of carbonyl (C=O) groups is 2. The van der Waals surface area contributed by atoms with Crippen LogP contribution in [0.3, 0.4) is 0 Å². The van der Waals surface area contributed by atoms with Gasteiger partial charge in [-0.3, -0.25) is 24.4 Å². The summed E-state index contributed by atoms with van der Waals surface area (Å²) in [5.41, 5.74) is 12.2. The number of nitrogens with one attached hydrogen (secondary N) is 1. The normalized spacial score (nSPS) is 13.1. The number of carbonyl (C=O) groups excluding carboxylic acids is 2. The number of nitrogens with two attached hydrogens (primary N) is 1. The third-order valence-electron chi connectivity index (χ3n) is 11.9. The van der Waals surface area contributed by atoms with E-state index in [-0.39, 0.29) is 11.7 Å². The topological polar surface area (TPSA) is 219 Å². The molecule has 3 N–H and O–H groups in total. The summed E-state index contributed by atoms with van der Waals surface area (Å²) in [5.74, 6) is 0.793. The van der Waals surface area contributed by atoms with Gasteiger partial charge in [0.15, 0.2) is 5.78 Å². The van der Waals surface area contributed by atoms with Crippen molar-refractivity contribution in [2.75, 3.05) is 191 Å². The number of Topliss-reactive ketones (excluding diaryl/α,β-unsaturated/α-hetero) is 1. The molecule has 5 rings (SSSR count). The van der Waals surface area contributed by atoms with E-state index < -0.39 is 0 Å². The average Bonchev–Trinajstić information content (AvgIpc) is 3.44. The van der Waals surface area contributed by atoms with Gasteiger partial charge in [-0.15, -0.1) is 0 Å². The van der Waals surface area contributed by atoms with Crippen LogP contribution in [0.1, 0.15) is 38.4 Å². The van der Waals surface area contributed by atoms with Crippen LogP contribution in [0.15, 0.2) is 79.3 Å². The van der Waals surface area contributed by atoms with Gasteiger partial charge in [0.1, 0.15) is 5.82 Å². The van der Waals surface area contributed by atoms with E-state index in [0.29, 0.717) is 183 Å². The van der Waals surface area contributed by atoms with E-state index >= 15 is 0 Å². The Bertz CT molecular complexity index is 2120. The summed E-state index contributed by atoms with van der Waals surface area (Å²) in [7, 11) is 0. The van der Waals surface area contributed by atoms with Crippen LogP contribution in [-0.2, 0) is 76.3 Å². The Morgan fingerprint density at radius 1 is 0.566 bits per heavy atom. The highest BCUT2D eigenvalue weighted by Crippen LogP contribution is 2.20. The molecule has 1 saturated heterocycles. The second kappa shape index (κ2) is 40.5. The summed E-state index contributed by atoms with van der Waals surface area (Å²) in [6.07, 6.45) is 6.21. The zero-order valence-electron chi connectivity index (χ0n) is 44.8. The van der Waals surface area contributed by atoms with Crippen molar-refractivity contribution in [1.82, 2.24) is 30.1 Å². The number of piperazine rings is 1. The smallest absolute Gasteiger partial charge is 0.234 e. The fourth-order valence-corrected chi connectivity index (χ4v) is 7.71. The molecule has 1 amide bonds. The number of aromatic nitrogens is 3. The number of hydrogen-bond acceptors (Lipinski definition) is 19. The minimum Gasteiger partial charge on any atom is -0.378 e. The molecular formula is C56H83N7O13. The maximum Gasteiger partial charge on any atom is 0.234 e. The van der Waals surface area contributed by atoms with E-state index in [0.717, 1.165) is 72.1 Å². The minimum absolute atomic E-state index is 0.00917. The van der Waals surface area contributed by atoms with Crippen molar-refractivity contribution in [3.63, 3.8) is 0 Å². The van der Waals surface area contributed by atoms with Crippen LogP contribution >= 0.6 is 0 Å². The molecule has 2 aromatic heterocycles. The van der Waals surface area contributed by atoms with Gasteiger partial charge in [-0.1, -0.05) is 42.5 Å². The van der Waals surface area contributed by atoms with Gasteiger partial charge < -0.3 is 63.2 Å². The molecule has 1 aliphatic heterocycles. The highest BCUT2D eigenvalue weighted by Gasteiger charge is 2.19. The van der Waals surface area contributed by atoms with E-state index in [9.17, 15) is 9.59 Å². The molecule has 0 saturated carbocycles. The lowest BCUT2D eigenvalue weighted by Crippen LogP contribution is -2.49. The summed E-state index contributed by atoms with van der Waals surface area (Å²) in [5, 5.41) is 2.95. The average molecular weight is 1060 g/mol. The molecular weight excluding hydrogens is 979 g/mol. The molecule has 0 spiro atoms. The summed E-state index contributed by atoms with van der Waals surface area (Å²) < 4.78 is 60.3. The molecule has 0 atom stereocenters. The third kappa shape index (κ3) is 28.0. The van der Waals surface area contributed by atoms with E-state index in [4.69, 9.17) is 62.8 Å². The van der Waals surface area contributed by atoms with Crippen LogP contribution in [0.5, 0.6) is 0 Å². The van der Waals surface area contributed by atoms with Gasteiger partial charge in [0.2, 0.25) is 5.91 Å². The second-order valence-corrected chi connectivity index (χ2v) is 17.8. The maximum absolute atomic E-state index is 13.4. The van der Waals surface area contributed by atoms with Gasteiger partial charge >= 0.3 is 0 Å². The van der Waals surface area contributed by atoms with Gasteiger partial charge in [0.25, 0.3) is 0 Å². The molecule has 3 heterocycles. The van der Waals surface area contributed by atoms with Crippen molar-refractivity contribution < 1.29 is 61.7 Å². The first kappa shape index (κ1) is 62.1. The summed E-state index contributed by atoms with van der Waals surface area (Å²) in [6, 6.07) is 19.9. The fourth-order valence-electron chi connectivity index (χ4n) is 7.71. The Morgan fingerprint density at radius 3 is 1.55 bits per heavy atom. The Balaban J connectivity index is 0.752. The van der Waals surface area contributed by atoms with E-state index in [2.05, 4.69) is 44.1 Å². The number of rotatable bonds is 45. The number of hydrogen-bond donors (Lipinski definition) is 2. The fraction of sp³-hybridized carbons (Fsp3) is 0.589. The van der Waals surface area contributed by atoms with Crippen LogP contribution < -0.4 is 11.1 Å². The van der Waals surface area contributed by atoms with Crippen LogP contribution in [0.4, 0.5) is 0 Å². The molecule has 76 heavy (non-hydrogen) atoms. The SMILES string of the molecule is Cc1ccc(CC(=O)c2ccc(CN3CCN(CC(=O)NCCOCCOCCOCCOCCOCCOCCOCCOCCOCCOCCOCCN)CC3)cc2)cc1Cc1nccc(-c2cccnc2)n1. The van der Waals surface area contributed by atoms with Crippen molar-refractivity contribution in [2.45, 2.75) is 26.3 Å². The lowest BCUT2D eigenvalue weighted by Gasteiger charge is -2.34. The van der Waals surface area contributed by atoms with Gasteiger partial charge in [0, 0.05) is 88.4 Å². The Morgan fingerprint density at radius 2 is 1.05 bits per heavy atom. The third-order valence-corrected chi connectivity index (χ3v) is 11.9. The van der Waals surface area contributed by atoms with Crippen LogP contribution in [0.25, 0.3) is 11.3 Å². The van der Waals surface area contributed by atoms with Gasteiger partial charge in [0.05, 0.1) is 158 Å². The van der Waals surface area contributed by atoms with Crippen LogP contribution in [0.2, 0.25) is 0 Å². The molecule has 4 aromatic rings. The maximum atomic E-state index is 13.4. The van der Waals surface area contributed by atoms with Crippen LogP contribution in [-0.4, -0.2) is 228 Å². The van der Waals surface area contributed by atoms with Crippen LogP contribution in [0, 0.1) is 6.92 Å². The molecule has 420 valence electrons. The predicted octanol–water partition coefficient (Wildman–Crippen LogP) is 3.24. The zero-order chi connectivity index (χ0) is 53.4. The number of aryl methyl sites for hydroxylation is 1. The molecule has 0 radical (unpaired) electrons. The van der Waals surface area contributed by atoms with E-state index in [1.54, 1.807) is 18.6 Å². The molecule has 0 bridgehead atoms. The second-order valence-electron chi connectivity index (χ2n) is 17.8. The largest absolute Gasteiger partial charge is 0.378 e. The first-order valence-electron chi connectivity index (χ1n) is 26.7. The molecule has 20 nitrogen and oxygen atoms in total. The molecule has 1 aliphatic rings. The number of ketones is 1. The molecule has 20 heteroatoms. The van der Waals surface area contributed by atoms with E-state index in [1.165, 1.54) is 0 Å². The van der Waals surface area contributed by atoms with Crippen molar-refractivity contribution in [2.24, 2.45) is 5.73 Å². The molecule has 0 aliphatic carbocycles. The zero-order valence-corrected chi connectivity index (χ0v) is 44.8.